The fourth-order valence-corrected chi connectivity index (χ4v) is 3.45. The molecule has 134 valence electrons. The average Bonchev–Trinajstić information content (AvgIpc) is 2.51. The largest absolute Gasteiger partial charge is 0.480 e. The van der Waals surface area contributed by atoms with Crippen LogP contribution in [0.15, 0.2) is 35.2 Å². The van der Waals surface area contributed by atoms with Crippen molar-refractivity contribution < 1.29 is 28.2 Å². The fourth-order valence-electron chi connectivity index (χ4n) is 2.10. The molecule has 0 unspecified atom stereocenters. The second kappa shape index (κ2) is 8.79. The van der Waals surface area contributed by atoms with Gasteiger partial charge in [-0.3, -0.25) is 4.79 Å². The highest BCUT2D eigenvalue weighted by atomic mass is 32.2. The molecule has 0 aliphatic rings. The van der Waals surface area contributed by atoms with Crippen molar-refractivity contribution >= 4 is 21.7 Å². The zero-order valence-electron chi connectivity index (χ0n) is 13.7. The van der Waals surface area contributed by atoms with E-state index in [0.29, 0.717) is 0 Å². The molecule has 2 atom stereocenters. The van der Waals surface area contributed by atoms with Crippen molar-refractivity contribution in [3.05, 3.63) is 30.3 Å². The van der Waals surface area contributed by atoms with Crippen LogP contribution in [0.4, 0.5) is 0 Å². The van der Waals surface area contributed by atoms with Crippen molar-refractivity contribution in [3.8, 4) is 0 Å². The summed E-state index contributed by atoms with van der Waals surface area (Å²) >= 11 is 0. The van der Waals surface area contributed by atoms with Crippen LogP contribution in [0.5, 0.6) is 0 Å². The Bertz CT molecular complexity index is 656. The Morgan fingerprint density at radius 2 is 1.75 bits per heavy atom. The number of sulfone groups is 1. The SMILES string of the molecule is CC(C)C[C@@H](O)C(=O)N[C@H](CCS(=O)(=O)c1ccccc1)C(=O)O. The molecule has 7 nitrogen and oxygen atoms in total. The molecule has 1 aromatic rings. The minimum atomic E-state index is -3.64. The molecule has 0 aromatic heterocycles. The number of benzene rings is 1. The Morgan fingerprint density at radius 1 is 1.17 bits per heavy atom. The maximum absolute atomic E-state index is 12.2. The van der Waals surface area contributed by atoms with Gasteiger partial charge in [0.2, 0.25) is 5.91 Å². The predicted molar refractivity (Wildman–Crippen MR) is 88.1 cm³/mol. The maximum Gasteiger partial charge on any atom is 0.326 e. The van der Waals surface area contributed by atoms with Crippen LogP contribution in [0.2, 0.25) is 0 Å². The standard InChI is InChI=1S/C16H23NO6S/c1-11(2)10-14(18)15(19)17-13(16(20)21)8-9-24(22,23)12-6-4-3-5-7-12/h3-7,11,13-14,18H,8-10H2,1-2H3,(H,17,19)(H,20,21)/t13-,14-/m1/s1. The Balaban J connectivity index is 2.70. The van der Waals surface area contributed by atoms with Crippen LogP contribution < -0.4 is 5.32 Å². The van der Waals surface area contributed by atoms with E-state index in [4.69, 9.17) is 5.11 Å². The lowest BCUT2D eigenvalue weighted by atomic mass is 10.1. The van der Waals surface area contributed by atoms with Gasteiger partial charge in [-0.25, -0.2) is 13.2 Å². The molecule has 0 bridgehead atoms. The predicted octanol–water partition coefficient (Wildman–Crippen LogP) is 0.827. The molecule has 0 saturated heterocycles. The summed E-state index contributed by atoms with van der Waals surface area (Å²) in [6.07, 6.45) is -1.41. The molecule has 0 fully saturated rings. The average molecular weight is 357 g/mol. The van der Waals surface area contributed by atoms with Crippen LogP contribution in [-0.2, 0) is 19.4 Å². The quantitative estimate of drug-likeness (QED) is 0.602. The lowest BCUT2D eigenvalue weighted by molar-refractivity contribution is -0.143. The Labute approximate surface area is 141 Å². The number of amides is 1. The summed E-state index contributed by atoms with van der Waals surface area (Å²) in [6.45, 7) is 3.63. The van der Waals surface area contributed by atoms with Crippen molar-refractivity contribution in [3.63, 3.8) is 0 Å². The topological polar surface area (TPSA) is 121 Å². The summed E-state index contributed by atoms with van der Waals surface area (Å²) in [6, 6.07) is 6.30. The highest BCUT2D eigenvalue weighted by Crippen LogP contribution is 2.12. The minimum Gasteiger partial charge on any atom is -0.480 e. The molecule has 0 spiro atoms. The first kappa shape index (κ1) is 20.1. The lowest BCUT2D eigenvalue weighted by Gasteiger charge is -2.18. The van der Waals surface area contributed by atoms with Crippen LogP contribution in [0.25, 0.3) is 0 Å². The highest BCUT2D eigenvalue weighted by molar-refractivity contribution is 7.91. The van der Waals surface area contributed by atoms with Crippen molar-refractivity contribution in [2.24, 2.45) is 5.92 Å². The van der Waals surface area contributed by atoms with Crippen LogP contribution in [0, 0.1) is 5.92 Å². The summed E-state index contributed by atoms with van der Waals surface area (Å²) in [5.41, 5.74) is 0. The van der Waals surface area contributed by atoms with Crippen LogP contribution in [0.1, 0.15) is 26.7 Å². The second-order valence-corrected chi connectivity index (χ2v) is 8.07. The minimum absolute atomic E-state index is 0.0625. The Kier molecular flexibility index (Phi) is 7.37. The number of hydrogen-bond acceptors (Lipinski definition) is 5. The zero-order valence-corrected chi connectivity index (χ0v) is 14.5. The maximum atomic E-state index is 12.2. The number of aliphatic hydroxyl groups excluding tert-OH is 1. The van der Waals surface area contributed by atoms with E-state index in [9.17, 15) is 23.1 Å². The zero-order chi connectivity index (χ0) is 18.3. The van der Waals surface area contributed by atoms with E-state index in [0.717, 1.165) is 0 Å². The summed E-state index contributed by atoms with van der Waals surface area (Å²) in [5, 5.41) is 21.1. The lowest BCUT2D eigenvalue weighted by Crippen LogP contribution is -2.46. The van der Waals surface area contributed by atoms with Gasteiger partial charge in [0.1, 0.15) is 12.1 Å². The number of carbonyl (C=O) groups is 2. The van der Waals surface area contributed by atoms with Gasteiger partial charge in [0.05, 0.1) is 10.6 Å². The summed E-state index contributed by atoms with van der Waals surface area (Å²) in [7, 11) is -3.64. The molecule has 24 heavy (non-hydrogen) atoms. The van der Waals surface area contributed by atoms with Gasteiger partial charge in [0, 0.05) is 0 Å². The highest BCUT2D eigenvalue weighted by Gasteiger charge is 2.26. The number of rotatable bonds is 9. The van der Waals surface area contributed by atoms with Gasteiger partial charge in [-0.2, -0.15) is 0 Å². The summed E-state index contributed by atoms with van der Waals surface area (Å²) in [4.78, 5) is 23.2. The third-order valence-corrected chi connectivity index (χ3v) is 5.15. The van der Waals surface area contributed by atoms with Crippen LogP contribution in [0.3, 0.4) is 0 Å². The van der Waals surface area contributed by atoms with Crippen LogP contribution in [-0.4, -0.2) is 48.4 Å². The molecule has 0 saturated carbocycles. The molecular weight excluding hydrogens is 334 g/mol. The Hall–Kier alpha value is -1.93. The molecule has 0 heterocycles. The van der Waals surface area contributed by atoms with Gasteiger partial charge >= 0.3 is 5.97 Å². The number of nitrogens with one attached hydrogen (secondary N) is 1. The first-order chi connectivity index (χ1) is 11.1. The number of aliphatic carboxylic acids is 1. The van der Waals surface area contributed by atoms with Crippen molar-refractivity contribution in [2.45, 2.75) is 43.7 Å². The van der Waals surface area contributed by atoms with Crippen molar-refractivity contribution in [2.75, 3.05) is 5.75 Å². The molecule has 0 aliphatic heterocycles. The molecule has 8 heteroatoms. The number of aliphatic hydroxyl groups is 1. The van der Waals surface area contributed by atoms with Gasteiger partial charge in [0.25, 0.3) is 0 Å². The van der Waals surface area contributed by atoms with Gasteiger partial charge in [-0.1, -0.05) is 32.0 Å². The molecule has 0 aliphatic carbocycles. The van der Waals surface area contributed by atoms with E-state index < -0.39 is 39.6 Å². The number of carboxylic acids is 1. The van der Waals surface area contributed by atoms with Gasteiger partial charge in [-0.15, -0.1) is 0 Å². The van der Waals surface area contributed by atoms with E-state index in [-0.39, 0.29) is 23.7 Å². The molecule has 0 radical (unpaired) electrons. The fraction of sp³-hybridized carbons (Fsp3) is 0.500. The first-order valence-corrected chi connectivity index (χ1v) is 9.27. The molecular formula is C16H23NO6S. The van der Waals surface area contributed by atoms with Gasteiger partial charge < -0.3 is 15.5 Å². The Morgan fingerprint density at radius 3 is 2.25 bits per heavy atom. The third-order valence-electron chi connectivity index (χ3n) is 3.39. The monoisotopic (exact) mass is 357 g/mol. The summed E-state index contributed by atoms with van der Waals surface area (Å²) in [5.74, 6) is -2.52. The van der Waals surface area contributed by atoms with Gasteiger partial charge in [0.15, 0.2) is 9.84 Å². The third kappa shape index (κ3) is 6.29. The molecule has 1 amide bonds. The van der Waals surface area contributed by atoms with Gasteiger partial charge in [-0.05, 0) is 30.9 Å². The summed E-state index contributed by atoms with van der Waals surface area (Å²) < 4.78 is 24.3. The number of hydrogen-bond donors (Lipinski definition) is 3. The smallest absolute Gasteiger partial charge is 0.326 e. The van der Waals surface area contributed by atoms with E-state index in [1.165, 1.54) is 12.1 Å². The molecule has 3 N–H and O–H groups in total. The molecule has 1 aromatic carbocycles. The van der Waals surface area contributed by atoms with E-state index in [1.54, 1.807) is 18.2 Å². The normalized spacial score (nSPS) is 14.2. The van der Waals surface area contributed by atoms with E-state index in [1.807, 2.05) is 13.8 Å². The van der Waals surface area contributed by atoms with Crippen molar-refractivity contribution in [1.29, 1.82) is 0 Å². The molecule has 1 rings (SSSR count). The van der Waals surface area contributed by atoms with E-state index >= 15 is 0 Å². The van der Waals surface area contributed by atoms with Crippen LogP contribution >= 0.6 is 0 Å². The number of carboxylic acid groups (broad SMARTS) is 1. The first-order valence-electron chi connectivity index (χ1n) is 7.62. The second-order valence-electron chi connectivity index (χ2n) is 5.97. The van der Waals surface area contributed by atoms with Crippen molar-refractivity contribution in [1.82, 2.24) is 5.32 Å². The van der Waals surface area contributed by atoms with E-state index in [2.05, 4.69) is 5.32 Å². The number of carbonyl (C=O) groups excluding carboxylic acids is 1.